The maximum absolute atomic E-state index is 12.7. The van der Waals surface area contributed by atoms with E-state index in [0.717, 1.165) is 27.8 Å². The first kappa shape index (κ1) is 68.4. The van der Waals surface area contributed by atoms with Crippen LogP contribution >= 0.6 is 0 Å². The van der Waals surface area contributed by atoms with Gasteiger partial charge in [0.05, 0.1) is 57.5 Å². The summed E-state index contributed by atoms with van der Waals surface area (Å²) in [5.41, 5.74) is 4.80. The van der Waals surface area contributed by atoms with E-state index in [9.17, 15) is 38.4 Å². The first-order chi connectivity index (χ1) is 43.6. The summed E-state index contributed by atoms with van der Waals surface area (Å²) in [4.78, 5) is 97.9. The van der Waals surface area contributed by atoms with Crippen LogP contribution in [-0.4, -0.2) is 110 Å². The highest BCUT2D eigenvalue weighted by Crippen LogP contribution is 2.27. The van der Waals surface area contributed by atoms with Gasteiger partial charge in [-0.15, -0.1) is 0 Å². The fourth-order valence-corrected chi connectivity index (χ4v) is 9.96. The van der Waals surface area contributed by atoms with Gasteiger partial charge in [0.1, 0.15) is 41.7 Å². The lowest BCUT2D eigenvalue weighted by molar-refractivity contribution is -0.170. The Morgan fingerprint density at radius 2 is 0.689 bits per heavy atom. The van der Waals surface area contributed by atoms with Crippen molar-refractivity contribution < 1.29 is 71.5 Å². The molecule has 0 spiro atoms. The second-order valence-electron chi connectivity index (χ2n) is 22.3. The fourth-order valence-electron chi connectivity index (χ4n) is 9.96. The SMILES string of the molecule is CC(C)(C)OC(=O)[C@H]1C(=O)CCO[C@@H]1/C=C/c1ccccc1.CCOC(=O)[C@H]1C(=O)CCO[C@@H]1/C=C/c1ccccc1.O=C1CCO[C@H](/C=C/c2ccccc2)[C@H]1C(=O)OCc1ccccc1.O=C1CCO[C@H](/C=C/c2ccccc2)[C@H]1C(=O)c1ccccc1. The van der Waals surface area contributed by atoms with Gasteiger partial charge in [-0.25, -0.2) is 0 Å². The predicted octanol–water partition coefficient (Wildman–Crippen LogP) is 12.2. The van der Waals surface area contributed by atoms with Crippen molar-refractivity contribution in [1.82, 2.24) is 0 Å². The molecule has 0 bridgehead atoms. The van der Waals surface area contributed by atoms with Gasteiger partial charge in [0.2, 0.25) is 0 Å². The van der Waals surface area contributed by atoms with E-state index in [-0.39, 0.29) is 61.4 Å². The van der Waals surface area contributed by atoms with Crippen molar-refractivity contribution in [3.8, 4) is 0 Å². The minimum Gasteiger partial charge on any atom is -0.465 e. The average Bonchev–Trinajstić information content (AvgIpc) is 2.44. The van der Waals surface area contributed by atoms with Crippen LogP contribution in [0.2, 0.25) is 0 Å². The van der Waals surface area contributed by atoms with Crippen LogP contribution in [0.15, 0.2) is 206 Å². The van der Waals surface area contributed by atoms with Crippen molar-refractivity contribution in [2.75, 3.05) is 33.0 Å². The smallest absolute Gasteiger partial charge is 0.320 e. The van der Waals surface area contributed by atoms with Crippen molar-refractivity contribution in [1.29, 1.82) is 0 Å². The molecule has 90 heavy (non-hydrogen) atoms. The fraction of sp³-hybridized carbons (Fsp3) is 0.307. The second kappa shape index (κ2) is 35.8. The number of hydrogen-bond acceptors (Lipinski definition) is 15. The predicted molar refractivity (Wildman–Crippen MR) is 343 cm³/mol. The standard InChI is InChI=1S/C21H20O4.C20H18O3.C18H22O4.C16H18O4/c22-18-13-14-24-19(12-11-16-7-3-1-4-8-16)20(18)21(23)25-15-17-9-5-2-6-10-17;21-17-13-14-23-18(12-11-15-7-3-1-4-8-15)19(17)20(22)16-9-5-2-6-10-16;1-18(2,3)22-17(20)16-14(19)11-12-21-15(16)10-9-13-7-5-4-6-8-13;1-2-19-16(18)15-13(17)10-11-20-14(15)9-8-12-6-4-3-5-7-12/h1-12,19-20H,13-15H2;1-12,18-19H,13-14H2;4-10,15-16H,11-12H2,1-3H3;3-9,14-15H,2,10-11H2,1H3/b2*12-11+;10-9+;9-8+/t19-,20+;18-,19+;15-,16+;14-,15+/m1111/s1. The average molecular weight is 1220 g/mol. The summed E-state index contributed by atoms with van der Waals surface area (Å²) >= 11 is 0. The highest BCUT2D eigenvalue weighted by Gasteiger charge is 2.42. The molecule has 4 aliphatic heterocycles. The zero-order valence-corrected chi connectivity index (χ0v) is 51.3. The Morgan fingerprint density at radius 3 is 1.02 bits per heavy atom. The molecule has 0 radical (unpaired) electrons. The summed E-state index contributed by atoms with van der Waals surface area (Å²) in [5.74, 6) is -5.52. The van der Waals surface area contributed by atoms with Gasteiger partial charge in [-0.2, -0.15) is 0 Å². The number of ether oxygens (including phenoxy) is 7. The van der Waals surface area contributed by atoms with Crippen LogP contribution in [0.4, 0.5) is 0 Å². The quantitative estimate of drug-likeness (QED) is 0.0383. The highest BCUT2D eigenvalue weighted by molar-refractivity contribution is 6.11. The molecule has 0 saturated carbocycles. The summed E-state index contributed by atoms with van der Waals surface area (Å²) in [6.45, 7) is 8.86. The van der Waals surface area contributed by atoms with Gasteiger partial charge in [0.15, 0.2) is 23.1 Å². The minimum absolute atomic E-state index is 0.0483. The Balaban J connectivity index is 0.000000171. The van der Waals surface area contributed by atoms with E-state index in [1.165, 1.54) is 0 Å². The van der Waals surface area contributed by atoms with E-state index >= 15 is 0 Å². The van der Waals surface area contributed by atoms with Gasteiger partial charge in [-0.3, -0.25) is 38.4 Å². The monoisotopic (exact) mass is 1220 g/mol. The van der Waals surface area contributed by atoms with Crippen LogP contribution in [0.1, 0.15) is 91.6 Å². The number of rotatable bonds is 16. The minimum atomic E-state index is -0.905. The Kier molecular flexibility index (Phi) is 27.2. The molecule has 4 fully saturated rings. The number of carbonyl (C=O) groups is 8. The topological polar surface area (TPSA) is 201 Å². The largest absolute Gasteiger partial charge is 0.465 e. The van der Waals surface area contributed by atoms with Crippen LogP contribution in [0, 0.1) is 23.7 Å². The summed E-state index contributed by atoms with van der Waals surface area (Å²) in [7, 11) is 0. The van der Waals surface area contributed by atoms with Gasteiger partial charge in [-0.05, 0) is 55.5 Å². The van der Waals surface area contributed by atoms with Crippen molar-refractivity contribution >= 4 is 71.1 Å². The molecule has 6 aromatic rings. The van der Waals surface area contributed by atoms with Gasteiger partial charge >= 0.3 is 17.9 Å². The van der Waals surface area contributed by atoms with E-state index in [0.29, 0.717) is 38.4 Å². The molecule has 0 amide bonds. The molecule has 15 heteroatoms. The van der Waals surface area contributed by atoms with Gasteiger partial charge < -0.3 is 33.2 Å². The number of Topliss-reactive ketones (excluding diaryl/α,β-unsaturated/α-hetero) is 5. The van der Waals surface area contributed by atoms with Gasteiger partial charge in [0, 0.05) is 31.2 Å². The summed E-state index contributed by atoms with van der Waals surface area (Å²) < 4.78 is 38.2. The van der Waals surface area contributed by atoms with Crippen molar-refractivity contribution in [2.45, 2.75) is 90.0 Å². The maximum atomic E-state index is 12.7. The van der Waals surface area contributed by atoms with Crippen LogP contribution in [0.3, 0.4) is 0 Å². The van der Waals surface area contributed by atoms with E-state index in [1.54, 1.807) is 70.2 Å². The highest BCUT2D eigenvalue weighted by atomic mass is 16.6. The van der Waals surface area contributed by atoms with Crippen molar-refractivity contribution in [3.05, 3.63) is 240 Å². The van der Waals surface area contributed by atoms with Crippen LogP contribution < -0.4 is 0 Å². The van der Waals surface area contributed by atoms with E-state index in [2.05, 4.69) is 0 Å². The molecule has 8 atom stereocenters. The molecule has 468 valence electrons. The Bertz CT molecular complexity index is 3390. The van der Waals surface area contributed by atoms with Crippen LogP contribution in [-0.2, 0) is 73.3 Å². The Hall–Kier alpha value is -9.12. The van der Waals surface area contributed by atoms with Crippen LogP contribution in [0.25, 0.3) is 24.3 Å². The number of ketones is 5. The number of hydrogen-bond donors (Lipinski definition) is 0. The molecule has 0 aliphatic carbocycles. The Morgan fingerprint density at radius 1 is 0.400 bits per heavy atom. The molecular formula is C75H78O15. The molecular weight excluding hydrogens is 1140 g/mol. The van der Waals surface area contributed by atoms with E-state index < -0.39 is 71.6 Å². The lowest BCUT2D eigenvalue weighted by Crippen LogP contribution is -2.43. The number of esters is 3. The molecule has 0 N–H and O–H groups in total. The lowest BCUT2D eigenvalue weighted by atomic mass is 9.85. The van der Waals surface area contributed by atoms with Gasteiger partial charge in [0.25, 0.3) is 0 Å². The molecule has 10 rings (SSSR count). The third-order valence-electron chi connectivity index (χ3n) is 14.5. The molecule has 0 aromatic heterocycles. The van der Waals surface area contributed by atoms with Gasteiger partial charge in [-0.1, -0.05) is 231 Å². The zero-order chi connectivity index (χ0) is 64.1. The number of carbonyl (C=O) groups excluding carboxylic acids is 8. The van der Waals surface area contributed by atoms with E-state index in [4.69, 9.17) is 33.2 Å². The van der Waals surface area contributed by atoms with Crippen LogP contribution in [0.5, 0.6) is 0 Å². The number of benzene rings is 6. The lowest BCUT2D eigenvalue weighted by Gasteiger charge is -2.30. The molecule has 15 nitrogen and oxygen atoms in total. The van der Waals surface area contributed by atoms with Crippen molar-refractivity contribution in [3.63, 3.8) is 0 Å². The third kappa shape index (κ3) is 21.9. The van der Waals surface area contributed by atoms with E-state index in [1.807, 2.05) is 188 Å². The summed E-state index contributed by atoms with van der Waals surface area (Å²) in [6.07, 6.45) is 13.4. The second-order valence-corrected chi connectivity index (χ2v) is 22.3. The first-order valence-corrected chi connectivity index (χ1v) is 30.3. The maximum Gasteiger partial charge on any atom is 0.320 e. The Labute approximate surface area is 526 Å². The molecule has 4 saturated heterocycles. The summed E-state index contributed by atoms with van der Waals surface area (Å²) in [5, 5.41) is 0. The summed E-state index contributed by atoms with van der Waals surface area (Å²) in [6, 6.07) is 57.1. The zero-order valence-electron chi connectivity index (χ0n) is 51.3. The molecule has 4 aliphatic rings. The molecule has 0 unspecified atom stereocenters. The molecule has 4 heterocycles. The van der Waals surface area contributed by atoms with Crippen molar-refractivity contribution in [2.24, 2.45) is 23.7 Å². The first-order valence-electron chi connectivity index (χ1n) is 30.3. The normalized spacial score (nSPS) is 21.9. The third-order valence-corrected chi connectivity index (χ3v) is 14.5. The molecule has 6 aromatic carbocycles.